The predicted molar refractivity (Wildman–Crippen MR) is 77.2 cm³/mol. The van der Waals surface area contributed by atoms with Crippen LogP contribution in [-0.2, 0) is 14.1 Å². The quantitative estimate of drug-likeness (QED) is 0.778. The number of hydrogen-bond acceptors (Lipinski definition) is 4. The lowest BCUT2D eigenvalue weighted by atomic mass is 10.1. The average molecular weight is 270 g/mol. The minimum absolute atomic E-state index is 0.00824. The van der Waals surface area contributed by atoms with Crippen molar-refractivity contribution in [1.82, 2.24) is 30.1 Å². The molecule has 2 aromatic heterocycles. The summed E-state index contributed by atoms with van der Waals surface area (Å²) in [6.07, 6.45) is 1.79. The average Bonchev–Trinajstić information content (AvgIpc) is 3.02. The maximum atomic E-state index is 4.69. The molecule has 0 amide bonds. The number of rotatable bonds is 4. The van der Waals surface area contributed by atoms with Gasteiger partial charge in [0.15, 0.2) is 0 Å². The molecule has 0 aliphatic heterocycles. The summed E-state index contributed by atoms with van der Waals surface area (Å²) in [5.74, 6) is 0. The van der Waals surface area contributed by atoms with E-state index in [4.69, 9.17) is 5.10 Å². The summed E-state index contributed by atoms with van der Waals surface area (Å²) in [5, 5.41) is 17.3. The van der Waals surface area contributed by atoms with Crippen LogP contribution in [0, 0.1) is 0 Å². The van der Waals surface area contributed by atoms with Crippen LogP contribution in [0.15, 0.2) is 30.5 Å². The van der Waals surface area contributed by atoms with Gasteiger partial charge >= 0.3 is 0 Å². The SMILES string of the molecule is CCNC(c1nn(C)c2ccccc12)c1cnnn1C. The van der Waals surface area contributed by atoms with E-state index in [1.807, 2.05) is 30.9 Å². The lowest BCUT2D eigenvalue weighted by molar-refractivity contribution is 0.553. The van der Waals surface area contributed by atoms with Crippen molar-refractivity contribution < 1.29 is 0 Å². The Hall–Kier alpha value is -2.21. The van der Waals surface area contributed by atoms with E-state index >= 15 is 0 Å². The highest BCUT2D eigenvalue weighted by molar-refractivity contribution is 5.82. The molecule has 1 unspecified atom stereocenters. The monoisotopic (exact) mass is 270 g/mol. The Balaban J connectivity index is 2.18. The molecular formula is C14H18N6. The molecule has 6 heteroatoms. The van der Waals surface area contributed by atoms with Gasteiger partial charge in [-0.15, -0.1) is 5.10 Å². The van der Waals surface area contributed by atoms with Gasteiger partial charge < -0.3 is 5.32 Å². The van der Waals surface area contributed by atoms with E-state index in [1.54, 1.807) is 10.9 Å². The number of para-hydroxylation sites is 1. The molecule has 2 heterocycles. The number of hydrogen-bond donors (Lipinski definition) is 1. The lowest BCUT2D eigenvalue weighted by Gasteiger charge is -2.15. The first kappa shape index (κ1) is 12.8. The van der Waals surface area contributed by atoms with Crippen LogP contribution in [0.3, 0.4) is 0 Å². The van der Waals surface area contributed by atoms with Gasteiger partial charge in [-0.25, -0.2) is 0 Å². The molecule has 0 saturated carbocycles. The zero-order chi connectivity index (χ0) is 14.1. The Morgan fingerprint density at radius 3 is 2.70 bits per heavy atom. The fourth-order valence-corrected chi connectivity index (χ4v) is 2.56. The Bertz CT molecular complexity index is 726. The molecule has 3 rings (SSSR count). The number of aromatic nitrogens is 5. The van der Waals surface area contributed by atoms with Crippen molar-refractivity contribution in [1.29, 1.82) is 0 Å². The molecule has 0 fully saturated rings. The number of nitrogens with zero attached hydrogens (tertiary/aromatic N) is 5. The van der Waals surface area contributed by atoms with Gasteiger partial charge in [-0.1, -0.05) is 30.3 Å². The highest BCUT2D eigenvalue weighted by Gasteiger charge is 2.22. The minimum atomic E-state index is -0.00824. The number of fused-ring (bicyclic) bond motifs is 1. The Morgan fingerprint density at radius 1 is 1.20 bits per heavy atom. The smallest absolute Gasteiger partial charge is 0.0963 e. The van der Waals surface area contributed by atoms with Crippen LogP contribution in [0.5, 0.6) is 0 Å². The highest BCUT2D eigenvalue weighted by Crippen LogP contribution is 2.27. The Morgan fingerprint density at radius 2 is 2.00 bits per heavy atom. The van der Waals surface area contributed by atoms with E-state index in [0.29, 0.717) is 0 Å². The minimum Gasteiger partial charge on any atom is -0.304 e. The summed E-state index contributed by atoms with van der Waals surface area (Å²) < 4.78 is 3.70. The Labute approximate surface area is 117 Å². The summed E-state index contributed by atoms with van der Waals surface area (Å²) in [6, 6.07) is 8.24. The van der Waals surface area contributed by atoms with Crippen molar-refractivity contribution in [3.8, 4) is 0 Å². The van der Waals surface area contributed by atoms with Gasteiger partial charge in [-0.05, 0) is 12.6 Å². The normalized spacial score (nSPS) is 12.9. The number of benzene rings is 1. The molecular weight excluding hydrogens is 252 g/mol. The third-order valence-corrected chi connectivity index (χ3v) is 3.51. The van der Waals surface area contributed by atoms with E-state index in [0.717, 1.165) is 28.8 Å². The molecule has 0 saturated heterocycles. The van der Waals surface area contributed by atoms with E-state index in [-0.39, 0.29) is 6.04 Å². The summed E-state index contributed by atoms with van der Waals surface area (Å²) in [5.41, 5.74) is 3.14. The summed E-state index contributed by atoms with van der Waals surface area (Å²) in [4.78, 5) is 0. The highest BCUT2D eigenvalue weighted by atomic mass is 15.4. The first-order valence-electron chi connectivity index (χ1n) is 6.72. The molecule has 0 aliphatic carbocycles. The predicted octanol–water partition coefficient (Wildman–Crippen LogP) is 1.40. The van der Waals surface area contributed by atoms with Crippen LogP contribution >= 0.6 is 0 Å². The molecule has 104 valence electrons. The van der Waals surface area contributed by atoms with Gasteiger partial charge in [0.2, 0.25) is 0 Å². The van der Waals surface area contributed by atoms with Crippen molar-refractivity contribution >= 4 is 10.9 Å². The third-order valence-electron chi connectivity index (χ3n) is 3.51. The van der Waals surface area contributed by atoms with Gasteiger partial charge in [0.25, 0.3) is 0 Å². The van der Waals surface area contributed by atoms with Gasteiger partial charge in [-0.3, -0.25) is 9.36 Å². The first-order valence-corrected chi connectivity index (χ1v) is 6.72. The molecule has 0 spiro atoms. The zero-order valence-corrected chi connectivity index (χ0v) is 11.9. The second-order valence-electron chi connectivity index (χ2n) is 4.80. The number of aryl methyl sites for hydroxylation is 2. The zero-order valence-electron chi connectivity index (χ0n) is 11.9. The van der Waals surface area contributed by atoms with E-state index in [2.05, 4.69) is 34.7 Å². The summed E-state index contributed by atoms with van der Waals surface area (Å²) >= 11 is 0. The van der Waals surface area contributed by atoms with Crippen LogP contribution < -0.4 is 5.32 Å². The molecule has 1 aromatic carbocycles. The molecule has 6 nitrogen and oxygen atoms in total. The van der Waals surface area contributed by atoms with Crippen molar-refractivity contribution in [2.75, 3.05) is 6.54 Å². The molecule has 1 N–H and O–H groups in total. The van der Waals surface area contributed by atoms with Crippen LogP contribution in [0.25, 0.3) is 10.9 Å². The fourth-order valence-electron chi connectivity index (χ4n) is 2.56. The van der Waals surface area contributed by atoms with Gasteiger partial charge in [0.05, 0.1) is 29.1 Å². The summed E-state index contributed by atoms with van der Waals surface area (Å²) in [7, 11) is 3.87. The molecule has 20 heavy (non-hydrogen) atoms. The van der Waals surface area contributed by atoms with Crippen molar-refractivity contribution in [2.45, 2.75) is 13.0 Å². The van der Waals surface area contributed by atoms with Crippen LogP contribution in [0.2, 0.25) is 0 Å². The second kappa shape index (κ2) is 5.05. The standard InChI is InChI=1S/C14H18N6/c1-4-15-14(12-9-16-18-20(12)3)13-10-7-5-6-8-11(10)19(2)17-13/h5-9,14-15H,4H2,1-3H3. The van der Waals surface area contributed by atoms with Gasteiger partial charge in [0.1, 0.15) is 0 Å². The van der Waals surface area contributed by atoms with Crippen molar-refractivity contribution in [3.05, 3.63) is 41.9 Å². The topological polar surface area (TPSA) is 60.6 Å². The molecule has 3 aromatic rings. The lowest BCUT2D eigenvalue weighted by Crippen LogP contribution is -2.25. The first-order chi connectivity index (χ1) is 9.72. The third kappa shape index (κ3) is 1.98. The maximum Gasteiger partial charge on any atom is 0.0963 e. The summed E-state index contributed by atoms with van der Waals surface area (Å²) in [6.45, 7) is 2.93. The van der Waals surface area contributed by atoms with Crippen LogP contribution in [0.4, 0.5) is 0 Å². The van der Waals surface area contributed by atoms with Crippen molar-refractivity contribution in [3.63, 3.8) is 0 Å². The largest absolute Gasteiger partial charge is 0.304 e. The molecule has 1 atom stereocenters. The van der Waals surface area contributed by atoms with Gasteiger partial charge in [0, 0.05) is 19.5 Å². The molecule has 0 aliphatic rings. The number of nitrogens with one attached hydrogen (secondary N) is 1. The van der Waals surface area contributed by atoms with E-state index < -0.39 is 0 Å². The maximum absolute atomic E-state index is 4.69. The van der Waals surface area contributed by atoms with E-state index in [1.165, 1.54) is 0 Å². The van der Waals surface area contributed by atoms with Crippen molar-refractivity contribution in [2.24, 2.45) is 14.1 Å². The van der Waals surface area contributed by atoms with Gasteiger partial charge in [-0.2, -0.15) is 5.10 Å². The van der Waals surface area contributed by atoms with Crippen LogP contribution in [0.1, 0.15) is 24.4 Å². The second-order valence-corrected chi connectivity index (χ2v) is 4.80. The van der Waals surface area contributed by atoms with E-state index in [9.17, 15) is 0 Å². The fraction of sp³-hybridized carbons (Fsp3) is 0.357. The molecule has 0 bridgehead atoms. The van der Waals surface area contributed by atoms with Crippen LogP contribution in [-0.4, -0.2) is 31.3 Å². The molecule has 0 radical (unpaired) electrons. The Kier molecular flexibility index (Phi) is 3.23.